The van der Waals surface area contributed by atoms with Gasteiger partial charge >= 0.3 is 0 Å². The first-order chi connectivity index (χ1) is 8.20. The number of nitrogens with zero attached hydrogens (tertiary/aromatic N) is 1. The van der Waals surface area contributed by atoms with E-state index in [-0.39, 0.29) is 0 Å². The van der Waals surface area contributed by atoms with Crippen molar-refractivity contribution in [1.82, 2.24) is 10.2 Å². The maximum atomic E-state index is 10.1. The first-order valence-electron chi connectivity index (χ1n) is 6.00. The van der Waals surface area contributed by atoms with Gasteiger partial charge in [0.05, 0.1) is 7.11 Å². The van der Waals surface area contributed by atoms with Crippen LogP contribution in [-0.2, 0) is 6.54 Å². The highest BCUT2D eigenvalue weighted by molar-refractivity contribution is 5.45. The number of aromatic hydroxyl groups is 1. The fourth-order valence-electron chi connectivity index (χ4n) is 2.17. The minimum absolute atomic E-state index is 0.393. The highest BCUT2D eigenvalue weighted by Gasteiger charge is 2.14. The van der Waals surface area contributed by atoms with Gasteiger partial charge in [-0.25, -0.2) is 0 Å². The maximum absolute atomic E-state index is 10.1. The van der Waals surface area contributed by atoms with E-state index in [1.54, 1.807) is 7.11 Å². The van der Waals surface area contributed by atoms with Gasteiger partial charge in [0.15, 0.2) is 0 Å². The second-order valence-electron chi connectivity index (χ2n) is 4.48. The monoisotopic (exact) mass is 236 g/mol. The molecule has 94 valence electrons. The van der Waals surface area contributed by atoms with Crippen LogP contribution in [0.15, 0.2) is 12.1 Å². The van der Waals surface area contributed by atoms with Crippen molar-refractivity contribution >= 4 is 0 Å². The average molecular weight is 236 g/mol. The normalized spacial score (nSPS) is 17.1. The third kappa shape index (κ3) is 2.90. The summed E-state index contributed by atoms with van der Waals surface area (Å²) in [5, 5.41) is 13.4. The highest BCUT2D eigenvalue weighted by Crippen LogP contribution is 2.28. The van der Waals surface area contributed by atoms with Crippen molar-refractivity contribution in [3.8, 4) is 11.5 Å². The molecule has 2 rings (SSSR count). The summed E-state index contributed by atoms with van der Waals surface area (Å²) in [6, 6.07) is 3.78. The Kier molecular flexibility index (Phi) is 3.86. The number of ether oxygens (including phenoxy) is 1. The quantitative estimate of drug-likeness (QED) is 0.825. The van der Waals surface area contributed by atoms with Crippen LogP contribution < -0.4 is 10.1 Å². The third-order valence-electron chi connectivity index (χ3n) is 3.19. The van der Waals surface area contributed by atoms with E-state index in [0.29, 0.717) is 5.75 Å². The first-order valence-corrected chi connectivity index (χ1v) is 6.00. The molecule has 1 fully saturated rings. The number of hydrogen-bond donors (Lipinski definition) is 2. The lowest BCUT2D eigenvalue weighted by Crippen LogP contribution is -2.42. The molecule has 1 aliphatic rings. The van der Waals surface area contributed by atoms with Crippen molar-refractivity contribution in [2.45, 2.75) is 13.5 Å². The summed E-state index contributed by atoms with van der Waals surface area (Å²) < 4.78 is 5.24. The Morgan fingerprint density at radius 3 is 2.71 bits per heavy atom. The zero-order chi connectivity index (χ0) is 12.3. The predicted octanol–water partition coefficient (Wildman–Crippen LogP) is 1.11. The van der Waals surface area contributed by atoms with Crippen molar-refractivity contribution < 1.29 is 9.84 Å². The molecule has 0 aliphatic carbocycles. The van der Waals surface area contributed by atoms with E-state index in [2.05, 4.69) is 10.2 Å². The van der Waals surface area contributed by atoms with Crippen LogP contribution in [0, 0.1) is 6.92 Å². The molecular weight excluding hydrogens is 216 g/mol. The molecule has 0 atom stereocenters. The van der Waals surface area contributed by atoms with Gasteiger partial charge in [0.2, 0.25) is 0 Å². The number of piperazine rings is 1. The van der Waals surface area contributed by atoms with Crippen LogP contribution in [0.4, 0.5) is 0 Å². The summed E-state index contributed by atoms with van der Waals surface area (Å²) in [4.78, 5) is 2.34. The molecule has 1 heterocycles. The molecule has 0 aromatic heterocycles. The van der Waals surface area contributed by atoms with Gasteiger partial charge in [-0.2, -0.15) is 0 Å². The zero-order valence-electron chi connectivity index (χ0n) is 10.5. The summed E-state index contributed by atoms with van der Waals surface area (Å²) in [5.41, 5.74) is 1.82. The maximum Gasteiger partial charge on any atom is 0.123 e. The fourth-order valence-corrected chi connectivity index (χ4v) is 2.17. The van der Waals surface area contributed by atoms with Crippen LogP contribution >= 0.6 is 0 Å². The van der Waals surface area contributed by atoms with Crippen molar-refractivity contribution in [2.75, 3.05) is 33.3 Å². The number of rotatable bonds is 3. The van der Waals surface area contributed by atoms with Crippen molar-refractivity contribution in [1.29, 1.82) is 0 Å². The van der Waals surface area contributed by atoms with E-state index < -0.39 is 0 Å². The minimum atomic E-state index is 0.393. The molecule has 0 saturated carbocycles. The Hall–Kier alpha value is -1.26. The molecule has 0 bridgehead atoms. The molecule has 1 aromatic carbocycles. The van der Waals surface area contributed by atoms with Crippen LogP contribution in [0.3, 0.4) is 0 Å². The summed E-state index contributed by atoms with van der Waals surface area (Å²) in [7, 11) is 1.65. The van der Waals surface area contributed by atoms with Gasteiger partial charge in [-0.3, -0.25) is 4.90 Å². The van der Waals surface area contributed by atoms with Crippen LogP contribution in [0.5, 0.6) is 11.5 Å². The largest absolute Gasteiger partial charge is 0.507 e. The van der Waals surface area contributed by atoms with E-state index in [1.807, 2.05) is 19.1 Å². The molecule has 0 amide bonds. The number of phenols is 1. The van der Waals surface area contributed by atoms with Crippen LogP contribution in [0.25, 0.3) is 0 Å². The van der Waals surface area contributed by atoms with Crippen LogP contribution in [0.1, 0.15) is 11.1 Å². The van der Waals surface area contributed by atoms with Gasteiger partial charge in [0.25, 0.3) is 0 Å². The topological polar surface area (TPSA) is 44.7 Å². The molecule has 0 spiro atoms. The molecule has 17 heavy (non-hydrogen) atoms. The summed E-state index contributed by atoms with van der Waals surface area (Å²) in [6.45, 7) is 6.77. The van der Waals surface area contributed by atoms with Gasteiger partial charge in [0, 0.05) is 38.3 Å². The second-order valence-corrected chi connectivity index (χ2v) is 4.48. The number of nitrogens with one attached hydrogen (secondary N) is 1. The van der Waals surface area contributed by atoms with Crippen molar-refractivity contribution in [3.05, 3.63) is 23.3 Å². The van der Waals surface area contributed by atoms with E-state index in [1.165, 1.54) is 0 Å². The summed E-state index contributed by atoms with van der Waals surface area (Å²) in [5.74, 6) is 1.20. The second kappa shape index (κ2) is 5.38. The number of aryl methyl sites for hydroxylation is 1. The summed E-state index contributed by atoms with van der Waals surface area (Å²) in [6.07, 6.45) is 0. The minimum Gasteiger partial charge on any atom is -0.507 e. The van der Waals surface area contributed by atoms with Gasteiger partial charge in [-0.05, 0) is 24.6 Å². The Morgan fingerprint density at radius 1 is 1.35 bits per heavy atom. The average Bonchev–Trinajstić information content (AvgIpc) is 2.36. The van der Waals surface area contributed by atoms with Crippen LogP contribution in [-0.4, -0.2) is 43.3 Å². The van der Waals surface area contributed by atoms with Gasteiger partial charge in [-0.15, -0.1) is 0 Å². The van der Waals surface area contributed by atoms with Gasteiger partial charge in [-0.1, -0.05) is 0 Å². The molecule has 4 heteroatoms. The number of hydrogen-bond acceptors (Lipinski definition) is 4. The Labute approximate surface area is 102 Å². The number of benzene rings is 1. The molecule has 1 aromatic rings. The lowest BCUT2D eigenvalue weighted by atomic mass is 10.1. The standard InChI is InChI=1S/C13H20N2O2/c1-10-7-12(17-2)8-11(13(10)16)9-15-5-3-14-4-6-15/h7-8,14,16H,3-6,9H2,1-2H3. The Morgan fingerprint density at radius 2 is 2.06 bits per heavy atom. The van der Waals surface area contributed by atoms with Crippen molar-refractivity contribution in [2.24, 2.45) is 0 Å². The molecule has 4 nitrogen and oxygen atoms in total. The van der Waals surface area contributed by atoms with Crippen molar-refractivity contribution in [3.63, 3.8) is 0 Å². The van der Waals surface area contributed by atoms with Gasteiger partial charge < -0.3 is 15.2 Å². The predicted molar refractivity (Wildman–Crippen MR) is 67.5 cm³/mol. The SMILES string of the molecule is COc1cc(C)c(O)c(CN2CCNCC2)c1. The molecular formula is C13H20N2O2. The zero-order valence-corrected chi connectivity index (χ0v) is 10.5. The van der Waals surface area contributed by atoms with E-state index >= 15 is 0 Å². The third-order valence-corrected chi connectivity index (χ3v) is 3.19. The number of phenolic OH excluding ortho intramolecular Hbond substituents is 1. The fraction of sp³-hybridized carbons (Fsp3) is 0.538. The molecule has 2 N–H and O–H groups in total. The molecule has 0 unspecified atom stereocenters. The Balaban J connectivity index is 2.15. The van der Waals surface area contributed by atoms with E-state index in [0.717, 1.165) is 49.6 Å². The number of methoxy groups -OCH3 is 1. The first kappa shape index (κ1) is 12.2. The van der Waals surface area contributed by atoms with E-state index in [4.69, 9.17) is 4.74 Å². The van der Waals surface area contributed by atoms with E-state index in [9.17, 15) is 5.11 Å². The Bertz CT molecular complexity index is 387. The molecule has 1 aliphatic heterocycles. The highest BCUT2D eigenvalue weighted by atomic mass is 16.5. The summed E-state index contributed by atoms with van der Waals surface area (Å²) >= 11 is 0. The van der Waals surface area contributed by atoms with Crippen LogP contribution in [0.2, 0.25) is 0 Å². The lowest BCUT2D eigenvalue weighted by molar-refractivity contribution is 0.230. The van der Waals surface area contributed by atoms with Gasteiger partial charge in [0.1, 0.15) is 11.5 Å². The molecule has 0 radical (unpaired) electrons. The lowest BCUT2D eigenvalue weighted by Gasteiger charge is -2.27. The molecule has 1 saturated heterocycles. The smallest absolute Gasteiger partial charge is 0.123 e.